The van der Waals surface area contributed by atoms with Crippen molar-refractivity contribution in [3.63, 3.8) is 0 Å². The molecule has 204 valence electrons. The molecule has 11 heteroatoms. The average Bonchev–Trinajstić information content (AvgIpc) is 2.86. The number of carbonyl (C=O) groups is 2. The Morgan fingerprint density at radius 2 is 1.70 bits per heavy atom. The molecule has 10 nitrogen and oxygen atoms in total. The highest BCUT2D eigenvalue weighted by molar-refractivity contribution is 7.86. The van der Waals surface area contributed by atoms with Gasteiger partial charge in [-0.2, -0.15) is 8.42 Å². The third kappa shape index (κ3) is 10.2. The molecule has 1 unspecified atom stereocenters. The predicted octanol–water partition coefficient (Wildman–Crippen LogP) is 2.99. The van der Waals surface area contributed by atoms with Gasteiger partial charge in [-0.3, -0.25) is 18.7 Å². The van der Waals surface area contributed by atoms with E-state index in [1.165, 1.54) is 24.1 Å². The zero-order chi connectivity index (χ0) is 27.4. The predicted molar refractivity (Wildman–Crippen MR) is 135 cm³/mol. The Labute approximate surface area is 218 Å². The molecule has 0 aromatic heterocycles. The summed E-state index contributed by atoms with van der Waals surface area (Å²) in [7, 11) is -2.92. The topological polar surface area (TPSA) is 129 Å². The van der Waals surface area contributed by atoms with Crippen molar-refractivity contribution in [1.29, 1.82) is 0 Å². The number of ether oxygens (including phenoxy) is 3. The third-order valence-corrected chi connectivity index (χ3v) is 6.78. The summed E-state index contributed by atoms with van der Waals surface area (Å²) in [6, 6.07) is 14.1. The van der Waals surface area contributed by atoms with Crippen molar-refractivity contribution in [2.24, 2.45) is 0 Å². The number of hydrogen-bond donors (Lipinski definition) is 1. The van der Waals surface area contributed by atoms with Gasteiger partial charge in [-0.15, -0.1) is 0 Å². The fourth-order valence-electron chi connectivity index (χ4n) is 3.61. The molecule has 1 N–H and O–H groups in total. The normalized spacial score (nSPS) is 14.2. The SMILES string of the molecule is CCOC(C)O[C@H](COS(=O)(=O)c1ccc(C)cc1)CN(Cc1ccccc1)[C@@H](CC(=O)OC)C(=O)O. The van der Waals surface area contributed by atoms with Crippen LogP contribution in [0.4, 0.5) is 0 Å². The lowest BCUT2D eigenvalue weighted by molar-refractivity contribution is -0.173. The molecule has 0 saturated heterocycles. The summed E-state index contributed by atoms with van der Waals surface area (Å²) >= 11 is 0. The van der Waals surface area contributed by atoms with Crippen molar-refractivity contribution in [3.05, 3.63) is 65.7 Å². The minimum Gasteiger partial charge on any atom is -0.480 e. The van der Waals surface area contributed by atoms with Crippen molar-refractivity contribution >= 4 is 22.1 Å². The molecule has 3 atom stereocenters. The van der Waals surface area contributed by atoms with E-state index in [1.807, 2.05) is 37.3 Å². The van der Waals surface area contributed by atoms with Crippen molar-refractivity contribution in [1.82, 2.24) is 4.90 Å². The second-order valence-corrected chi connectivity index (χ2v) is 10.00. The molecule has 0 saturated carbocycles. The van der Waals surface area contributed by atoms with Gasteiger partial charge in [0.2, 0.25) is 0 Å². The first-order valence-electron chi connectivity index (χ1n) is 11.9. The van der Waals surface area contributed by atoms with Crippen LogP contribution in [0.5, 0.6) is 0 Å². The van der Waals surface area contributed by atoms with Gasteiger partial charge in [0.15, 0.2) is 6.29 Å². The number of benzene rings is 2. The zero-order valence-electron chi connectivity index (χ0n) is 21.5. The summed E-state index contributed by atoms with van der Waals surface area (Å²) < 4.78 is 46.9. The van der Waals surface area contributed by atoms with Crippen LogP contribution in [0.1, 0.15) is 31.4 Å². The van der Waals surface area contributed by atoms with Gasteiger partial charge < -0.3 is 19.3 Å². The number of carboxylic acids is 1. The van der Waals surface area contributed by atoms with Crippen LogP contribution in [0.2, 0.25) is 0 Å². The van der Waals surface area contributed by atoms with Crippen LogP contribution in [0.3, 0.4) is 0 Å². The van der Waals surface area contributed by atoms with E-state index in [2.05, 4.69) is 0 Å². The molecule has 37 heavy (non-hydrogen) atoms. The summed E-state index contributed by atoms with van der Waals surface area (Å²) in [6.45, 7) is 5.31. The van der Waals surface area contributed by atoms with E-state index in [0.29, 0.717) is 6.61 Å². The van der Waals surface area contributed by atoms with Gasteiger partial charge in [-0.1, -0.05) is 48.0 Å². The van der Waals surface area contributed by atoms with E-state index in [1.54, 1.807) is 26.0 Å². The van der Waals surface area contributed by atoms with Crippen molar-refractivity contribution < 1.29 is 41.5 Å². The zero-order valence-corrected chi connectivity index (χ0v) is 22.3. The molecule has 0 spiro atoms. The number of aryl methyl sites for hydroxylation is 1. The first-order chi connectivity index (χ1) is 17.6. The Kier molecular flexibility index (Phi) is 12.2. The number of rotatable bonds is 16. The largest absolute Gasteiger partial charge is 0.480 e. The van der Waals surface area contributed by atoms with E-state index in [4.69, 9.17) is 18.4 Å². The lowest BCUT2D eigenvalue weighted by atomic mass is 10.1. The Hall–Kier alpha value is -2.83. The number of carbonyl (C=O) groups excluding carboxylic acids is 1. The van der Waals surface area contributed by atoms with Gasteiger partial charge in [0.25, 0.3) is 10.1 Å². The highest BCUT2D eigenvalue weighted by Crippen LogP contribution is 2.18. The first-order valence-corrected chi connectivity index (χ1v) is 13.3. The lowest BCUT2D eigenvalue weighted by Gasteiger charge is -2.32. The molecule has 0 heterocycles. The molecule has 2 aromatic rings. The summed E-state index contributed by atoms with van der Waals surface area (Å²) in [4.78, 5) is 25.7. The summed E-state index contributed by atoms with van der Waals surface area (Å²) in [5.74, 6) is -1.92. The van der Waals surface area contributed by atoms with Crippen LogP contribution in [-0.2, 0) is 44.6 Å². The Balaban J connectivity index is 2.32. The standard InChI is InChI=1S/C26H35NO9S/c1-5-34-20(3)36-22(18-35-37(31,32)23-13-11-19(2)12-14-23)17-27(16-21-9-7-6-8-10-21)24(26(29)30)15-25(28)33-4/h6-14,20,22,24H,5,15-18H2,1-4H3,(H,29,30)/t20?,22-,24-/m0/s1. The molecular formula is C26H35NO9S. The number of hydrogen-bond acceptors (Lipinski definition) is 9. The molecule has 0 fully saturated rings. The maximum absolute atomic E-state index is 12.8. The molecule has 0 aliphatic carbocycles. The van der Waals surface area contributed by atoms with E-state index in [0.717, 1.165) is 11.1 Å². The Morgan fingerprint density at radius 1 is 1.05 bits per heavy atom. The molecule has 2 rings (SSSR count). The number of esters is 1. The minimum absolute atomic E-state index is 0.00930. The van der Waals surface area contributed by atoms with Crippen LogP contribution in [0.25, 0.3) is 0 Å². The summed E-state index contributed by atoms with van der Waals surface area (Å²) in [5, 5.41) is 9.93. The summed E-state index contributed by atoms with van der Waals surface area (Å²) in [6.07, 6.45) is -2.04. The quantitative estimate of drug-likeness (QED) is 0.194. The van der Waals surface area contributed by atoms with E-state index < -0.39 is 53.5 Å². The minimum atomic E-state index is -4.10. The van der Waals surface area contributed by atoms with E-state index in [9.17, 15) is 23.1 Å². The number of methoxy groups -OCH3 is 1. The first kappa shape index (κ1) is 30.4. The van der Waals surface area contributed by atoms with Crippen LogP contribution >= 0.6 is 0 Å². The van der Waals surface area contributed by atoms with Crippen molar-refractivity contribution in [2.75, 3.05) is 26.9 Å². The van der Waals surface area contributed by atoms with Gasteiger partial charge in [0.1, 0.15) is 6.04 Å². The fourth-order valence-corrected chi connectivity index (χ4v) is 4.55. The lowest BCUT2D eigenvalue weighted by Crippen LogP contribution is -2.48. The molecule has 0 aliphatic heterocycles. The van der Waals surface area contributed by atoms with Gasteiger partial charge in [0, 0.05) is 19.7 Å². The third-order valence-electron chi connectivity index (χ3n) is 5.48. The van der Waals surface area contributed by atoms with Crippen LogP contribution < -0.4 is 0 Å². The summed E-state index contributed by atoms with van der Waals surface area (Å²) in [5.41, 5.74) is 1.69. The fraction of sp³-hybridized carbons (Fsp3) is 0.462. The van der Waals surface area contributed by atoms with Crippen molar-refractivity contribution in [2.45, 2.75) is 57.1 Å². The maximum Gasteiger partial charge on any atom is 0.321 e. The van der Waals surface area contributed by atoms with E-state index in [-0.39, 0.29) is 18.0 Å². The van der Waals surface area contributed by atoms with E-state index >= 15 is 0 Å². The Bertz CT molecular complexity index is 1090. The molecular weight excluding hydrogens is 502 g/mol. The highest BCUT2D eigenvalue weighted by Gasteiger charge is 2.32. The van der Waals surface area contributed by atoms with Crippen molar-refractivity contribution in [3.8, 4) is 0 Å². The average molecular weight is 538 g/mol. The van der Waals surface area contributed by atoms with Crippen LogP contribution in [-0.4, -0.2) is 75.7 Å². The number of aliphatic carboxylic acids is 1. The second-order valence-electron chi connectivity index (χ2n) is 8.38. The van der Waals surface area contributed by atoms with Crippen LogP contribution in [0.15, 0.2) is 59.5 Å². The molecule has 0 bridgehead atoms. The monoisotopic (exact) mass is 537 g/mol. The number of nitrogens with zero attached hydrogens (tertiary/aromatic N) is 1. The number of carboxylic acid groups (broad SMARTS) is 1. The molecule has 0 radical (unpaired) electrons. The smallest absolute Gasteiger partial charge is 0.321 e. The highest BCUT2D eigenvalue weighted by atomic mass is 32.2. The van der Waals surface area contributed by atoms with Gasteiger partial charge in [0.05, 0.1) is 31.1 Å². The van der Waals surface area contributed by atoms with Gasteiger partial charge in [-0.05, 0) is 38.5 Å². The Morgan fingerprint density at radius 3 is 2.27 bits per heavy atom. The molecule has 2 aromatic carbocycles. The molecule has 0 aliphatic rings. The van der Waals surface area contributed by atoms with Gasteiger partial charge in [-0.25, -0.2) is 0 Å². The van der Waals surface area contributed by atoms with Gasteiger partial charge >= 0.3 is 11.9 Å². The maximum atomic E-state index is 12.8. The second kappa shape index (κ2) is 14.8. The van der Waals surface area contributed by atoms with Crippen LogP contribution in [0, 0.1) is 6.92 Å². The molecule has 0 amide bonds.